The van der Waals surface area contributed by atoms with Crippen molar-refractivity contribution in [3.63, 3.8) is 0 Å². The summed E-state index contributed by atoms with van der Waals surface area (Å²) >= 11 is 5.90. The Hall–Kier alpha value is -2.60. The van der Waals surface area contributed by atoms with E-state index < -0.39 is 17.7 Å². The van der Waals surface area contributed by atoms with Crippen LogP contribution in [0.15, 0.2) is 41.5 Å². The maximum Gasteiger partial charge on any atom is 0.322 e. The van der Waals surface area contributed by atoms with E-state index >= 15 is 0 Å². The molecule has 0 fully saturated rings. The van der Waals surface area contributed by atoms with Crippen LogP contribution in [0.5, 0.6) is 0 Å². The largest absolute Gasteiger partial charge is 0.480 e. The van der Waals surface area contributed by atoms with E-state index in [9.17, 15) is 14.7 Å². The number of nitrogens with zero attached hydrogens (tertiary/aromatic N) is 1. The van der Waals surface area contributed by atoms with Crippen molar-refractivity contribution in [2.45, 2.75) is 0 Å². The molecule has 0 aliphatic carbocycles. The van der Waals surface area contributed by atoms with E-state index in [1.807, 2.05) is 0 Å². The van der Waals surface area contributed by atoms with E-state index in [1.54, 1.807) is 30.5 Å². The van der Waals surface area contributed by atoms with Crippen molar-refractivity contribution in [1.29, 1.82) is 0 Å². The number of hydrogen-bond acceptors (Lipinski definition) is 3. The molecule has 1 unspecified atom stereocenters. The minimum Gasteiger partial charge on any atom is -0.480 e. The number of hydrogen-bond donors (Lipinski definition) is 3. The van der Waals surface area contributed by atoms with Gasteiger partial charge in [0, 0.05) is 16.8 Å². The zero-order valence-corrected chi connectivity index (χ0v) is 11.4. The maximum absolute atomic E-state index is 12.4. The number of aromatic amines is 1. The number of carbonyl (C=O) groups is 2. The normalized spacial score (nSPS) is 19.2. The first kappa shape index (κ1) is 13.4. The van der Waals surface area contributed by atoms with Gasteiger partial charge in [-0.3, -0.25) is 9.59 Å². The maximum atomic E-state index is 12.4. The lowest BCUT2D eigenvalue weighted by Gasteiger charge is -2.24. The number of Topliss-reactive ketones (excluding diaryl/α,β-unsaturated/α-hetero) is 1. The number of halogens is 1. The first-order valence-electron chi connectivity index (χ1n) is 6.12. The van der Waals surface area contributed by atoms with E-state index in [0.717, 1.165) is 0 Å². The number of carboxylic acids is 1. The Labute approximate surface area is 124 Å². The number of aliphatic imine (C=N–C) groups is 1. The number of fused-ring (bicyclic) bond motifs is 1. The monoisotopic (exact) mass is 303 g/mol. The number of anilines is 1. The number of carboxylic acid groups (broad SMARTS) is 1. The molecular weight excluding hydrogens is 294 g/mol. The molecule has 0 amide bonds. The van der Waals surface area contributed by atoms with Crippen LogP contribution >= 0.6 is 11.6 Å². The molecule has 21 heavy (non-hydrogen) atoms. The van der Waals surface area contributed by atoms with Crippen LogP contribution in [0.1, 0.15) is 10.4 Å². The highest BCUT2D eigenvalue weighted by atomic mass is 35.5. The summed E-state index contributed by atoms with van der Waals surface area (Å²) in [5.74, 6) is -2.61. The Morgan fingerprint density at radius 1 is 1.33 bits per heavy atom. The van der Waals surface area contributed by atoms with Crippen LogP contribution in [-0.4, -0.2) is 27.7 Å². The summed E-state index contributed by atoms with van der Waals surface area (Å²) in [5.41, 5.74) is 0.743. The number of aliphatic carboxylic acids is 1. The average Bonchev–Trinajstić information content (AvgIpc) is 2.90. The van der Waals surface area contributed by atoms with Crippen molar-refractivity contribution >= 4 is 40.7 Å². The Morgan fingerprint density at radius 3 is 2.81 bits per heavy atom. The predicted molar refractivity (Wildman–Crippen MR) is 78.4 cm³/mol. The van der Waals surface area contributed by atoms with Crippen LogP contribution in [-0.2, 0) is 4.79 Å². The fraction of sp³-hybridized carbons (Fsp3) is 0.0714. The van der Waals surface area contributed by atoms with Crippen molar-refractivity contribution in [1.82, 2.24) is 4.98 Å². The van der Waals surface area contributed by atoms with Gasteiger partial charge in [0.25, 0.3) is 0 Å². The van der Waals surface area contributed by atoms with Crippen LogP contribution in [0.2, 0.25) is 5.02 Å². The molecular formula is C14H10ClN3O3. The highest BCUT2D eigenvalue weighted by Gasteiger charge is 2.38. The summed E-state index contributed by atoms with van der Waals surface area (Å²) in [6.07, 6.45) is 1.66. The second-order valence-corrected chi connectivity index (χ2v) is 4.94. The molecule has 0 saturated heterocycles. The number of benzene rings is 1. The summed E-state index contributed by atoms with van der Waals surface area (Å²) in [6.45, 7) is 0. The number of nitrogens with one attached hydrogen (secondary N) is 2. The number of aromatic nitrogens is 1. The quantitative estimate of drug-likeness (QED) is 0.743. The standard InChI is InChI=1S/C14H10ClN3O3/c15-7-3-4-8-9(6-7)17-13(11(12(8)19)14(20)21)18-10-2-1-5-16-10/h1-6,11,16H,(H,17,18)(H,20,21). The lowest BCUT2D eigenvalue weighted by Crippen LogP contribution is -2.40. The van der Waals surface area contributed by atoms with Gasteiger partial charge in [0.05, 0.1) is 5.69 Å². The fourth-order valence-corrected chi connectivity index (χ4v) is 2.34. The van der Waals surface area contributed by atoms with Gasteiger partial charge in [0.1, 0.15) is 11.7 Å². The van der Waals surface area contributed by atoms with Gasteiger partial charge in [-0.25, -0.2) is 4.99 Å². The van der Waals surface area contributed by atoms with Crippen LogP contribution < -0.4 is 5.32 Å². The molecule has 7 heteroatoms. The van der Waals surface area contributed by atoms with Gasteiger partial charge in [-0.1, -0.05) is 11.6 Å². The lowest BCUT2D eigenvalue weighted by molar-refractivity contribution is -0.137. The van der Waals surface area contributed by atoms with Gasteiger partial charge in [-0.05, 0) is 30.3 Å². The molecule has 1 aromatic carbocycles. The van der Waals surface area contributed by atoms with E-state index in [2.05, 4.69) is 15.3 Å². The van der Waals surface area contributed by atoms with E-state index in [-0.39, 0.29) is 11.4 Å². The molecule has 2 heterocycles. The summed E-state index contributed by atoms with van der Waals surface area (Å²) in [7, 11) is 0. The summed E-state index contributed by atoms with van der Waals surface area (Å²) < 4.78 is 0. The zero-order chi connectivity index (χ0) is 15.0. The number of amidine groups is 1. The predicted octanol–water partition coefficient (Wildman–Crippen LogP) is 2.71. The highest BCUT2D eigenvalue weighted by Crippen LogP contribution is 2.30. The molecule has 6 nitrogen and oxygen atoms in total. The minimum absolute atomic E-state index is 0.0599. The molecule has 1 aromatic heterocycles. The topological polar surface area (TPSA) is 94.5 Å². The zero-order valence-electron chi connectivity index (χ0n) is 10.6. The van der Waals surface area contributed by atoms with Crippen molar-refractivity contribution in [3.8, 4) is 0 Å². The molecule has 0 saturated carbocycles. The highest BCUT2D eigenvalue weighted by molar-refractivity contribution is 6.34. The average molecular weight is 304 g/mol. The van der Waals surface area contributed by atoms with Crippen molar-refractivity contribution < 1.29 is 14.7 Å². The molecule has 1 aliphatic rings. The Balaban J connectivity index is 2.12. The van der Waals surface area contributed by atoms with Gasteiger partial charge in [0.15, 0.2) is 11.7 Å². The summed E-state index contributed by atoms with van der Waals surface area (Å²) in [4.78, 5) is 30.8. The lowest BCUT2D eigenvalue weighted by atomic mass is 9.91. The van der Waals surface area contributed by atoms with Crippen molar-refractivity contribution in [3.05, 3.63) is 47.1 Å². The molecule has 1 atom stereocenters. The second-order valence-electron chi connectivity index (χ2n) is 4.50. The Kier molecular flexibility index (Phi) is 3.23. The third-order valence-corrected chi connectivity index (χ3v) is 3.35. The SMILES string of the molecule is O=C(O)C1C(=O)c2ccc(Cl)cc2N/C1=N\c1ccc[nH]1. The molecule has 3 N–H and O–H groups in total. The molecule has 1 aliphatic heterocycles. The molecule has 0 spiro atoms. The van der Waals surface area contributed by atoms with Gasteiger partial charge in [-0.2, -0.15) is 0 Å². The molecule has 0 radical (unpaired) electrons. The first-order valence-corrected chi connectivity index (χ1v) is 6.49. The van der Waals surface area contributed by atoms with Gasteiger partial charge < -0.3 is 15.4 Å². The van der Waals surface area contributed by atoms with Gasteiger partial charge >= 0.3 is 5.97 Å². The van der Waals surface area contributed by atoms with Crippen LogP contribution in [0, 0.1) is 5.92 Å². The fourth-order valence-electron chi connectivity index (χ4n) is 2.17. The third kappa shape index (κ3) is 2.41. The first-order chi connectivity index (χ1) is 10.1. The molecule has 2 aromatic rings. The molecule has 0 bridgehead atoms. The van der Waals surface area contributed by atoms with Crippen LogP contribution in [0.3, 0.4) is 0 Å². The van der Waals surface area contributed by atoms with E-state index in [4.69, 9.17) is 11.6 Å². The van der Waals surface area contributed by atoms with E-state index in [1.165, 1.54) is 6.07 Å². The Morgan fingerprint density at radius 2 is 2.14 bits per heavy atom. The van der Waals surface area contributed by atoms with E-state index in [0.29, 0.717) is 16.5 Å². The number of ketones is 1. The Bertz CT molecular complexity index is 753. The van der Waals surface area contributed by atoms with Crippen molar-refractivity contribution in [2.75, 3.05) is 5.32 Å². The number of carbonyl (C=O) groups excluding carboxylic acids is 1. The second kappa shape index (κ2) is 5.06. The minimum atomic E-state index is -1.36. The van der Waals surface area contributed by atoms with Gasteiger partial charge in [-0.15, -0.1) is 0 Å². The summed E-state index contributed by atoms with van der Waals surface area (Å²) in [5, 5.41) is 12.6. The number of rotatable bonds is 2. The third-order valence-electron chi connectivity index (χ3n) is 3.11. The van der Waals surface area contributed by atoms with Crippen molar-refractivity contribution in [2.24, 2.45) is 10.9 Å². The van der Waals surface area contributed by atoms with Gasteiger partial charge in [0.2, 0.25) is 0 Å². The summed E-state index contributed by atoms with van der Waals surface area (Å²) in [6, 6.07) is 8.02. The van der Waals surface area contributed by atoms with Crippen LogP contribution in [0.25, 0.3) is 0 Å². The molecule has 3 rings (SSSR count). The molecule has 106 valence electrons. The van der Waals surface area contributed by atoms with Crippen LogP contribution in [0.4, 0.5) is 11.5 Å². The number of H-pyrrole nitrogens is 1. The smallest absolute Gasteiger partial charge is 0.322 e.